The van der Waals surface area contributed by atoms with Gasteiger partial charge in [-0.2, -0.15) is 9.78 Å². The number of fused-ring (bicyclic) bond motifs is 1. The summed E-state index contributed by atoms with van der Waals surface area (Å²) in [4.78, 5) is 29.2. The van der Waals surface area contributed by atoms with Crippen molar-refractivity contribution < 1.29 is 14.4 Å². The lowest BCUT2D eigenvalue weighted by atomic mass is 10.1. The van der Waals surface area contributed by atoms with Gasteiger partial charge in [0.25, 0.3) is 5.56 Å². The molecular formula is C27H25BrN4O5. The van der Waals surface area contributed by atoms with E-state index in [1.165, 1.54) is 24.1 Å². The van der Waals surface area contributed by atoms with Crippen LogP contribution in [-0.2, 0) is 13.0 Å². The maximum absolute atomic E-state index is 13.2. The Morgan fingerprint density at radius 3 is 2.70 bits per heavy atom. The molecule has 0 aliphatic heterocycles. The van der Waals surface area contributed by atoms with Crippen LogP contribution in [0.25, 0.3) is 10.9 Å². The molecule has 0 amide bonds. The molecule has 9 nitrogen and oxygen atoms in total. The number of ether oxygens (including phenoxy) is 2. The van der Waals surface area contributed by atoms with Gasteiger partial charge < -0.3 is 9.47 Å². The topological polar surface area (TPSA) is 109 Å². The van der Waals surface area contributed by atoms with Crippen molar-refractivity contribution in [1.29, 1.82) is 0 Å². The largest absolute Gasteiger partial charge is 0.493 e. The van der Waals surface area contributed by atoms with Gasteiger partial charge in [0.15, 0.2) is 5.75 Å². The number of methoxy groups -OCH3 is 1. The maximum Gasteiger partial charge on any atom is 0.315 e. The molecule has 190 valence electrons. The number of aromatic nitrogens is 2. The highest BCUT2D eigenvalue weighted by molar-refractivity contribution is 9.10. The minimum Gasteiger partial charge on any atom is -0.493 e. The molecular weight excluding hydrogens is 540 g/mol. The fourth-order valence-corrected chi connectivity index (χ4v) is 4.26. The van der Waals surface area contributed by atoms with Gasteiger partial charge in [-0.1, -0.05) is 52.7 Å². The second-order valence-electron chi connectivity index (χ2n) is 8.41. The molecule has 0 aliphatic rings. The van der Waals surface area contributed by atoms with E-state index in [2.05, 4.69) is 26.0 Å². The number of halogens is 1. The van der Waals surface area contributed by atoms with E-state index in [0.29, 0.717) is 28.7 Å². The second kappa shape index (κ2) is 11.3. The molecule has 0 atom stereocenters. The third kappa shape index (κ3) is 5.86. The molecule has 10 heteroatoms. The van der Waals surface area contributed by atoms with Gasteiger partial charge in [-0.3, -0.25) is 14.9 Å². The summed E-state index contributed by atoms with van der Waals surface area (Å²) in [5.74, 6) is 0.704. The lowest BCUT2D eigenvalue weighted by Gasteiger charge is -2.12. The van der Waals surface area contributed by atoms with E-state index in [1.807, 2.05) is 44.2 Å². The molecule has 3 aromatic carbocycles. The molecule has 0 radical (unpaired) electrons. The van der Waals surface area contributed by atoms with Crippen molar-refractivity contribution in [2.24, 2.45) is 5.10 Å². The van der Waals surface area contributed by atoms with E-state index in [-0.39, 0.29) is 29.4 Å². The number of rotatable bonds is 9. The quantitative estimate of drug-likeness (QED) is 0.144. The molecule has 1 heterocycles. The van der Waals surface area contributed by atoms with Crippen molar-refractivity contribution in [2.45, 2.75) is 33.3 Å². The maximum atomic E-state index is 13.2. The van der Waals surface area contributed by atoms with E-state index in [9.17, 15) is 14.9 Å². The molecule has 0 unspecified atom stereocenters. The first-order valence-electron chi connectivity index (χ1n) is 11.6. The van der Waals surface area contributed by atoms with Gasteiger partial charge in [-0.05, 0) is 43.2 Å². The highest BCUT2D eigenvalue weighted by Crippen LogP contribution is 2.38. The van der Waals surface area contributed by atoms with Crippen LogP contribution in [0.5, 0.6) is 11.5 Å². The van der Waals surface area contributed by atoms with Crippen molar-refractivity contribution in [3.63, 3.8) is 0 Å². The third-order valence-electron chi connectivity index (χ3n) is 5.61. The van der Waals surface area contributed by atoms with Crippen LogP contribution in [-0.4, -0.2) is 27.9 Å². The summed E-state index contributed by atoms with van der Waals surface area (Å²) in [6.07, 6.45) is 2.68. The van der Waals surface area contributed by atoms with Crippen LogP contribution in [0.3, 0.4) is 0 Å². The summed E-state index contributed by atoms with van der Waals surface area (Å²) in [5, 5.41) is 16.7. The first-order chi connectivity index (χ1) is 17.8. The van der Waals surface area contributed by atoms with E-state index >= 15 is 0 Å². The first-order valence-corrected chi connectivity index (χ1v) is 12.4. The molecule has 0 bridgehead atoms. The van der Waals surface area contributed by atoms with Crippen LogP contribution in [0.1, 0.15) is 35.9 Å². The van der Waals surface area contributed by atoms with Gasteiger partial charge in [-0.15, -0.1) is 0 Å². The standard InChI is InChI=1S/C27H25BrN4O5/c1-4-6-25-30-22-10-9-20(28)14-21(22)27(33)31(25)29-15-19-12-23(32(34)35)26(24(13-19)36-3)37-16-18-8-5-7-17(2)11-18/h5,7-15H,4,6,16H2,1-3H3. The van der Waals surface area contributed by atoms with E-state index in [0.717, 1.165) is 22.0 Å². The number of hydrogen-bond acceptors (Lipinski definition) is 7. The van der Waals surface area contributed by atoms with E-state index in [4.69, 9.17) is 9.47 Å². The number of nitro benzene ring substituents is 1. The van der Waals surface area contributed by atoms with Crippen LogP contribution in [0.2, 0.25) is 0 Å². The van der Waals surface area contributed by atoms with Gasteiger partial charge in [0, 0.05) is 22.5 Å². The average molecular weight is 565 g/mol. The molecule has 0 aliphatic carbocycles. The molecule has 0 spiro atoms. The fraction of sp³-hybridized carbons (Fsp3) is 0.222. The Balaban J connectivity index is 1.74. The van der Waals surface area contributed by atoms with Crippen molar-refractivity contribution in [1.82, 2.24) is 9.66 Å². The van der Waals surface area contributed by atoms with Crippen LogP contribution < -0.4 is 15.0 Å². The van der Waals surface area contributed by atoms with Crippen molar-refractivity contribution in [3.05, 3.63) is 102 Å². The highest BCUT2D eigenvalue weighted by Gasteiger charge is 2.22. The molecule has 1 aromatic heterocycles. The van der Waals surface area contributed by atoms with E-state index in [1.54, 1.807) is 18.2 Å². The van der Waals surface area contributed by atoms with Gasteiger partial charge in [0.1, 0.15) is 12.4 Å². The summed E-state index contributed by atoms with van der Waals surface area (Å²) in [5.41, 5.74) is 2.29. The zero-order chi connectivity index (χ0) is 26.5. The normalized spacial score (nSPS) is 11.2. The van der Waals surface area contributed by atoms with Crippen LogP contribution in [0, 0.1) is 17.0 Å². The molecule has 0 saturated heterocycles. The van der Waals surface area contributed by atoms with Gasteiger partial charge in [0.05, 0.1) is 29.2 Å². The van der Waals surface area contributed by atoms with Crippen molar-refractivity contribution in [2.75, 3.05) is 7.11 Å². The second-order valence-corrected chi connectivity index (χ2v) is 9.32. The van der Waals surface area contributed by atoms with Gasteiger partial charge in [0.2, 0.25) is 5.75 Å². The van der Waals surface area contributed by atoms with Crippen molar-refractivity contribution >= 4 is 38.7 Å². The predicted molar refractivity (Wildman–Crippen MR) is 146 cm³/mol. The highest BCUT2D eigenvalue weighted by atomic mass is 79.9. The average Bonchev–Trinajstić information content (AvgIpc) is 2.87. The Morgan fingerprint density at radius 1 is 1.19 bits per heavy atom. The minimum atomic E-state index is -0.533. The summed E-state index contributed by atoms with van der Waals surface area (Å²) in [7, 11) is 1.41. The zero-order valence-electron chi connectivity index (χ0n) is 20.6. The Morgan fingerprint density at radius 2 is 2.00 bits per heavy atom. The SMILES string of the molecule is CCCc1nc2ccc(Br)cc2c(=O)n1N=Cc1cc(OC)c(OCc2cccc(C)c2)c([N+](=O)[O-])c1. The summed E-state index contributed by atoms with van der Waals surface area (Å²) in [6.45, 7) is 4.08. The van der Waals surface area contributed by atoms with Crippen LogP contribution in [0.4, 0.5) is 5.69 Å². The zero-order valence-corrected chi connectivity index (χ0v) is 22.2. The molecule has 0 fully saturated rings. The Hall–Kier alpha value is -4.05. The number of hydrogen-bond donors (Lipinski definition) is 0. The molecule has 4 aromatic rings. The number of aryl methyl sites for hydroxylation is 2. The van der Waals surface area contributed by atoms with Gasteiger partial charge >= 0.3 is 5.69 Å². The molecule has 4 rings (SSSR count). The molecule has 0 N–H and O–H groups in total. The Bertz CT molecular complexity index is 1560. The fourth-order valence-electron chi connectivity index (χ4n) is 3.90. The summed E-state index contributed by atoms with van der Waals surface area (Å²) in [6, 6.07) is 15.9. The molecule has 37 heavy (non-hydrogen) atoms. The minimum absolute atomic E-state index is 0.0206. The predicted octanol–water partition coefficient (Wildman–Crippen LogP) is 5.80. The van der Waals surface area contributed by atoms with Crippen molar-refractivity contribution in [3.8, 4) is 11.5 Å². The number of nitro groups is 1. The van der Waals surface area contributed by atoms with Gasteiger partial charge in [-0.25, -0.2) is 4.98 Å². The van der Waals surface area contributed by atoms with Crippen LogP contribution in [0.15, 0.2) is 69.0 Å². The smallest absolute Gasteiger partial charge is 0.315 e. The monoisotopic (exact) mass is 564 g/mol. The summed E-state index contributed by atoms with van der Waals surface area (Å²) >= 11 is 3.39. The number of nitrogens with zero attached hydrogens (tertiary/aromatic N) is 4. The Labute approximate surface area is 221 Å². The lowest BCUT2D eigenvalue weighted by Crippen LogP contribution is -2.22. The number of benzene rings is 3. The molecule has 0 saturated carbocycles. The lowest BCUT2D eigenvalue weighted by molar-refractivity contribution is -0.386. The Kier molecular flexibility index (Phi) is 7.98. The summed E-state index contributed by atoms with van der Waals surface area (Å²) < 4.78 is 13.2. The van der Waals surface area contributed by atoms with Crippen LogP contribution >= 0.6 is 15.9 Å². The van der Waals surface area contributed by atoms with E-state index < -0.39 is 4.92 Å². The third-order valence-corrected chi connectivity index (χ3v) is 6.10. The first kappa shape index (κ1) is 26.0.